The maximum atomic E-state index is 12.3. The first-order chi connectivity index (χ1) is 10.7. The Morgan fingerprint density at radius 3 is 3.00 bits per heavy atom. The molecule has 1 atom stereocenters. The van der Waals surface area contributed by atoms with Gasteiger partial charge < -0.3 is 19.9 Å². The molecule has 0 fully saturated rings. The molecule has 6 heteroatoms. The zero-order chi connectivity index (χ0) is 15.5. The van der Waals surface area contributed by atoms with Crippen molar-refractivity contribution in [1.82, 2.24) is 5.16 Å². The number of hydrogen-bond donors (Lipinski definition) is 2. The van der Waals surface area contributed by atoms with Crippen LogP contribution in [0.3, 0.4) is 0 Å². The number of carbonyl (C=O) groups excluding carboxylic acids is 1. The Hall–Kier alpha value is -2.50. The van der Waals surface area contributed by atoms with Crippen molar-refractivity contribution in [3.05, 3.63) is 35.6 Å². The molecule has 2 aromatic rings. The second-order valence-corrected chi connectivity index (χ2v) is 5.34. The molecule has 0 aliphatic carbocycles. The fraction of sp³-hybridized carbons (Fsp3) is 0.375. The molecule has 0 saturated heterocycles. The Morgan fingerprint density at radius 1 is 1.41 bits per heavy atom. The van der Waals surface area contributed by atoms with Gasteiger partial charge in [-0.1, -0.05) is 12.1 Å². The van der Waals surface area contributed by atoms with Gasteiger partial charge in [-0.2, -0.15) is 0 Å². The summed E-state index contributed by atoms with van der Waals surface area (Å²) in [6.07, 6.45) is 1.57. The molecule has 3 rings (SSSR count). The summed E-state index contributed by atoms with van der Waals surface area (Å²) >= 11 is 0. The molecule has 0 spiro atoms. The molecule has 1 aromatic heterocycles. The van der Waals surface area contributed by atoms with E-state index in [0.717, 1.165) is 24.5 Å². The van der Waals surface area contributed by atoms with Crippen LogP contribution in [-0.2, 0) is 11.2 Å². The number of ether oxygens (including phenoxy) is 1. The summed E-state index contributed by atoms with van der Waals surface area (Å²) in [4.78, 5) is 12.3. The maximum absolute atomic E-state index is 12.3. The largest absolute Gasteiger partial charge is 0.493 e. The number of aryl methyl sites for hydroxylation is 1. The SMILES string of the molecule is CC[C@H](Nc1ccc2c(c1)CCO2)C(=O)Nc1cc(C)on1. The molecule has 0 bridgehead atoms. The molecule has 1 aromatic carbocycles. The predicted octanol–water partition coefficient (Wildman–Crippen LogP) is 2.75. The van der Waals surface area contributed by atoms with Gasteiger partial charge in [0.15, 0.2) is 5.82 Å². The highest BCUT2D eigenvalue weighted by atomic mass is 16.5. The third-order valence-electron chi connectivity index (χ3n) is 3.63. The van der Waals surface area contributed by atoms with Crippen LogP contribution in [0.2, 0.25) is 0 Å². The second-order valence-electron chi connectivity index (χ2n) is 5.34. The van der Waals surface area contributed by atoms with Gasteiger partial charge >= 0.3 is 0 Å². The van der Waals surface area contributed by atoms with Crippen molar-refractivity contribution >= 4 is 17.4 Å². The second kappa shape index (κ2) is 6.09. The molecule has 0 saturated carbocycles. The van der Waals surface area contributed by atoms with E-state index in [1.54, 1.807) is 13.0 Å². The number of aromatic nitrogens is 1. The van der Waals surface area contributed by atoms with Gasteiger partial charge in [0.2, 0.25) is 5.91 Å². The zero-order valence-corrected chi connectivity index (χ0v) is 12.7. The lowest BCUT2D eigenvalue weighted by molar-refractivity contribution is -0.117. The lowest BCUT2D eigenvalue weighted by Crippen LogP contribution is -2.34. The molecule has 6 nitrogen and oxygen atoms in total. The van der Waals surface area contributed by atoms with E-state index in [0.29, 0.717) is 18.0 Å². The summed E-state index contributed by atoms with van der Waals surface area (Å²) in [5.41, 5.74) is 2.09. The van der Waals surface area contributed by atoms with Crippen LogP contribution >= 0.6 is 0 Å². The van der Waals surface area contributed by atoms with Gasteiger partial charge in [-0.15, -0.1) is 0 Å². The number of amides is 1. The fourth-order valence-corrected chi connectivity index (χ4v) is 2.47. The molecule has 116 valence electrons. The van der Waals surface area contributed by atoms with Crippen molar-refractivity contribution in [2.45, 2.75) is 32.7 Å². The van der Waals surface area contributed by atoms with Crippen LogP contribution in [0.15, 0.2) is 28.8 Å². The number of carbonyl (C=O) groups is 1. The van der Waals surface area contributed by atoms with Crippen molar-refractivity contribution < 1.29 is 14.1 Å². The fourth-order valence-electron chi connectivity index (χ4n) is 2.47. The summed E-state index contributed by atoms with van der Waals surface area (Å²) in [7, 11) is 0. The van der Waals surface area contributed by atoms with E-state index >= 15 is 0 Å². The molecular weight excluding hydrogens is 282 g/mol. The van der Waals surface area contributed by atoms with Gasteiger partial charge in [-0.25, -0.2) is 0 Å². The Bertz CT molecular complexity index is 681. The first-order valence-electron chi connectivity index (χ1n) is 7.42. The van der Waals surface area contributed by atoms with E-state index in [9.17, 15) is 4.79 Å². The van der Waals surface area contributed by atoms with Crippen LogP contribution in [-0.4, -0.2) is 23.7 Å². The van der Waals surface area contributed by atoms with Crippen molar-refractivity contribution in [3.63, 3.8) is 0 Å². The van der Waals surface area contributed by atoms with E-state index < -0.39 is 0 Å². The lowest BCUT2D eigenvalue weighted by atomic mass is 10.1. The number of rotatable bonds is 5. The summed E-state index contributed by atoms with van der Waals surface area (Å²) in [5, 5.41) is 9.79. The maximum Gasteiger partial charge on any atom is 0.248 e. The smallest absolute Gasteiger partial charge is 0.248 e. The third kappa shape index (κ3) is 3.05. The first kappa shape index (κ1) is 14.4. The standard InChI is InChI=1S/C16H19N3O3/c1-3-13(16(20)18-15-8-10(2)22-19-15)17-12-4-5-14-11(9-12)6-7-21-14/h4-5,8-9,13,17H,3,6-7H2,1-2H3,(H,18,19,20)/t13-/m0/s1. The van der Waals surface area contributed by atoms with Gasteiger partial charge in [-0.05, 0) is 37.1 Å². The Balaban J connectivity index is 1.67. The summed E-state index contributed by atoms with van der Waals surface area (Å²) in [6, 6.07) is 7.27. The Kier molecular flexibility index (Phi) is 4.00. The minimum absolute atomic E-state index is 0.132. The quantitative estimate of drug-likeness (QED) is 0.888. The number of benzene rings is 1. The summed E-state index contributed by atoms with van der Waals surface area (Å²) in [5.74, 6) is 1.90. The van der Waals surface area contributed by atoms with Crippen LogP contribution in [0, 0.1) is 6.92 Å². The average molecular weight is 301 g/mol. The number of nitrogens with one attached hydrogen (secondary N) is 2. The van der Waals surface area contributed by atoms with E-state index in [4.69, 9.17) is 9.26 Å². The van der Waals surface area contributed by atoms with Crippen LogP contribution in [0.4, 0.5) is 11.5 Å². The number of nitrogens with zero attached hydrogens (tertiary/aromatic N) is 1. The van der Waals surface area contributed by atoms with E-state index in [1.165, 1.54) is 5.56 Å². The molecule has 1 amide bonds. The highest BCUT2D eigenvalue weighted by molar-refractivity contribution is 5.95. The van der Waals surface area contributed by atoms with E-state index in [2.05, 4.69) is 15.8 Å². The molecule has 1 aliphatic heterocycles. The van der Waals surface area contributed by atoms with Gasteiger partial charge in [-0.3, -0.25) is 4.79 Å². The monoisotopic (exact) mass is 301 g/mol. The van der Waals surface area contributed by atoms with Gasteiger partial charge in [0, 0.05) is 18.2 Å². The molecule has 0 unspecified atom stereocenters. The number of anilines is 2. The molecule has 2 N–H and O–H groups in total. The van der Waals surface area contributed by atoms with E-state index in [-0.39, 0.29) is 11.9 Å². The third-order valence-corrected chi connectivity index (χ3v) is 3.63. The molecular formula is C16H19N3O3. The van der Waals surface area contributed by atoms with Crippen LogP contribution in [0.5, 0.6) is 5.75 Å². The van der Waals surface area contributed by atoms with Gasteiger partial charge in [0.25, 0.3) is 0 Å². The minimum Gasteiger partial charge on any atom is -0.493 e. The first-order valence-corrected chi connectivity index (χ1v) is 7.42. The molecule has 1 aliphatic rings. The predicted molar refractivity (Wildman–Crippen MR) is 83.2 cm³/mol. The number of hydrogen-bond acceptors (Lipinski definition) is 5. The molecule has 0 radical (unpaired) electrons. The van der Waals surface area contributed by atoms with E-state index in [1.807, 2.05) is 25.1 Å². The Morgan fingerprint density at radius 2 is 2.27 bits per heavy atom. The lowest BCUT2D eigenvalue weighted by Gasteiger charge is -2.17. The summed E-state index contributed by atoms with van der Waals surface area (Å²) in [6.45, 7) is 4.47. The minimum atomic E-state index is -0.336. The van der Waals surface area contributed by atoms with Crippen molar-refractivity contribution in [1.29, 1.82) is 0 Å². The van der Waals surface area contributed by atoms with Crippen molar-refractivity contribution in [3.8, 4) is 5.75 Å². The molecule has 2 heterocycles. The van der Waals surface area contributed by atoms with Gasteiger partial charge in [0.1, 0.15) is 17.6 Å². The zero-order valence-electron chi connectivity index (χ0n) is 12.7. The Labute approximate surface area is 128 Å². The average Bonchev–Trinajstić information content (AvgIpc) is 3.12. The number of fused-ring (bicyclic) bond motifs is 1. The van der Waals surface area contributed by atoms with Crippen molar-refractivity contribution in [2.24, 2.45) is 0 Å². The van der Waals surface area contributed by atoms with Crippen LogP contribution in [0.25, 0.3) is 0 Å². The topological polar surface area (TPSA) is 76.4 Å². The summed E-state index contributed by atoms with van der Waals surface area (Å²) < 4.78 is 10.4. The van der Waals surface area contributed by atoms with Crippen molar-refractivity contribution in [2.75, 3.05) is 17.2 Å². The van der Waals surface area contributed by atoms with Gasteiger partial charge in [0.05, 0.1) is 6.61 Å². The van der Waals surface area contributed by atoms with Crippen LogP contribution in [0.1, 0.15) is 24.7 Å². The molecule has 22 heavy (non-hydrogen) atoms. The highest BCUT2D eigenvalue weighted by Crippen LogP contribution is 2.28. The van der Waals surface area contributed by atoms with Crippen LogP contribution < -0.4 is 15.4 Å². The normalized spacial score (nSPS) is 14.1. The highest BCUT2D eigenvalue weighted by Gasteiger charge is 2.19.